The van der Waals surface area contributed by atoms with Crippen LogP contribution < -0.4 is 15.2 Å². The van der Waals surface area contributed by atoms with Crippen molar-refractivity contribution in [2.45, 2.75) is 43.9 Å². The van der Waals surface area contributed by atoms with Crippen molar-refractivity contribution in [2.75, 3.05) is 7.11 Å². The first-order chi connectivity index (χ1) is 14.5. The van der Waals surface area contributed by atoms with E-state index in [2.05, 4.69) is 5.10 Å². The van der Waals surface area contributed by atoms with Crippen molar-refractivity contribution in [3.63, 3.8) is 0 Å². The second-order valence-corrected chi connectivity index (χ2v) is 7.81. The van der Waals surface area contributed by atoms with Crippen molar-refractivity contribution in [3.8, 4) is 11.5 Å². The van der Waals surface area contributed by atoms with Gasteiger partial charge in [0.05, 0.1) is 19.2 Å². The SMILES string of the molecule is COc1ccc(OC2CC(n3nc4n(c3=O)[C@H](c3cc(F)cc(F)c3)CC4)C2)cc1. The van der Waals surface area contributed by atoms with Crippen molar-refractivity contribution < 1.29 is 18.3 Å². The minimum atomic E-state index is -0.642. The molecule has 30 heavy (non-hydrogen) atoms. The molecule has 0 N–H and O–H groups in total. The van der Waals surface area contributed by atoms with Gasteiger partial charge in [0.15, 0.2) is 0 Å². The molecule has 8 heteroatoms. The number of ether oxygens (including phenoxy) is 2. The number of hydrogen-bond donors (Lipinski definition) is 0. The van der Waals surface area contributed by atoms with E-state index in [-0.39, 0.29) is 17.8 Å². The zero-order chi connectivity index (χ0) is 20.8. The van der Waals surface area contributed by atoms with Gasteiger partial charge in [-0.25, -0.2) is 18.3 Å². The maximum Gasteiger partial charge on any atom is 0.346 e. The lowest BCUT2D eigenvalue weighted by atomic mass is 9.89. The third-order valence-electron chi connectivity index (χ3n) is 5.90. The number of halogens is 2. The summed E-state index contributed by atoms with van der Waals surface area (Å²) in [4.78, 5) is 13.0. The molecule has 1 saturated carbocycles. The minimum absolute atomic E-state index is 0.0138. The summed E-state index contributed by atoms with van der Waals surface area (Å²) in [6.45, 7) is 0. The van der Waals surface area contributed by atoms with Crippen LogP contribution in [-0.2, 0) is 6.42 Å². The summed E-state index contributed by atoms with van der Waals surface area (Å²) in [6, 6.07) is 10.4. The Morgan fingerprint density at radius 2 is 1.70 bits per heavy atom. The van der Waals surface area contributed by atoms with Crippen molar-refractivity contribution in [1.82, 2.24) is 14.3 Å². The molecule has 6 nitrogen and oxygen atoms in total. The van der Waals surface area contributed by atoms with Crippen LogP contribution in [-0.4, -0.2) is 27.6 Å². The van der Waals surface area contributed by atoms with E-state index in [1.54, 1.807) is 11.7 Å². The van der Waals surface area contributed by atoms with Crippen LogP contribution >= 0.6 is 0 Å². The van der Waals surface area contributed by atoms with Crippen molar-refractivity contribution >= 4 is 0 Å². The van der Waals surface area contributed by atoms with Gasteiger partial charge >= 0.3 is 5.69 Å². The van der Waals surface area contributed by atoms with E-state index < -0.39 is 17.7 Å². The van der Waals surface area contributed by atoms with Gasteiger partial charge in [0, 0.05) is 25.3 Å². The lowest BCUT2D eigenvalue weighted by Gasteiger charge is -2.34. The Morgan fingerprint density at radius 3 is 2.37 bits per heavy atom. The Bertz CT molecular complexity index is 1110. The van der Waals surface area contributed by atoms with E-state index >= 15 is 0 Å². The number of fused-ring (bicyclic) bond motifs is 1. The van der Waals surface area contributed by atoms with E-state index in [0.717, 1.165) is 17.6 Å². The monoisotopic (exact) mass is 413 g/mol. The number of nitrogens with zero attached hydrogens (tertiary/aromatic N) is 3. The van der Waals surface area contributed by atoms with Gasteiger partial charge in [0.2, 0.25) is 0 Å². The average Bonchev–Trinajstić information content (AvgIpc) is 3.24. The number of rotatable bonds is 5. The summed E-state index contributed by atoms with van der Waals surface area (Å²) in [6.07, 6.45) is 2.59. The molecule has 1 fully saturated rings. The highest BCUT2D eigenvalue weighted by Crippen LogP contribution is 2.36. The van der Waals surface area contributed by atoms with Gasteiger partial charge in [-0.05, 0) is 48.4 Å². The van der Waals surface area contributed by atoms with Crippen LogP contribution in [0.2, 0.25) is 0 Å². The summed E-state index contributed by atoms with van der Waals surface area (Å²) in [5, 5.41) is 4.50. The first-order valence-corrected chi connectivity index (χ1v) is 9.98. The molecule has 156 valence electrons. The number of aromatic nitrogens is 3. The molecule has 1 aromatic heterocycles. The molecule has 2 aliphatic rings. The number of hydrogen-bond acceptors (Lipinski definition) is 4. The molecule has 2 aromatic carbocycles. The third-order valence-corrected chi connectivity index (χ3v) is 5.90. The standard InChI is InChI=1S/C22H21F2N3O3/c1-29-17-2-4-18(5-3-17)30-19-11-16(12-19)27-22(28)26-20(6-7-21(26)25-27)13-8-14(23)10-15(24)9-13/h2-5,8-10,16,19-20H,6-7,11-12H2,1H3/t16?,19?,20-/m0/s1. The van der Waals surface area contributed by atoms with Crippen LogP contribution in [0.5, 0.6) is 11.5 Å². The van der Waals surface area contributed by atoms with Crippen LogP contribution in [0, 0.1) is 11.6 Å². The Hall–Kier alpha value is -3.16. The number of aryl methyl sites for hydroxylation is 1. The fourth-order valence-corrected chi connectivity index (χ4v) is 4.32. The lowest BCUT2D eigenvalue weighted by molar-refractivity contribution is 0.0623. The zero-order valence-corrected chi connectivity index (χ0v) is 16.4. The molecule has 0 spiro atoms. The predicted molar refractivity (Wildman–Crippen MR) is 105 cm³/mol. The lowest BCUT2D eigenvalue weighted by Crippen LogP contribution is -2.41. The highest BCUT2D eigenvalue weighted by molar-refractivity contribution is 5.31. The average molecular weight is 413 g/mol. The second kappa shape index (κ2) is 7.27. The summed E-state index contributed by atoms with van der Waals surface area (Å²) in [5.74, 6) is 0.898. The van der Waals surface area contributed by atoms with Gasteiger partial charge in [-0.1, -0.05) is 0 Å². The molecule has 0 amide bonds. The molecule has 0 unspecified atom stereocenters. The fourth-order valence-electron chi connectivity index (χ4n) is 4.32. The molecule has 0 radical (unpaired) electrons. The Labute approximate surface area is 171 Å². The topological polar surface area (TPSA) is 58.3 Å². The molecule has 0 saturated heterocycles. The first-order valence-electron chi connectivity index (χ1n) is 9.98. The predicted octanol–water partition coefficient (Wildman–Crippen LogP) is 3.65. The van der Waals surface area contributed by atoms with E-state index in [1.807, 2.05) is 24.3 Å². The summed E-state index contributed by atoms with van der Waals surface area (Å²) in [5.41, 5.74) is 0.229. The van der Waals surface area contributed by atoms with Crippen LogP contribution in [0.4, 0.5) is 8.78 Å². The minimum Gasteiger partial charge on any atom is -0.497 e. The molecule has 1 aliphatic carbocycles. The highest BCUT2D eigenvalue weighted by Gasteiger charge is 2.37. The first kappa shape index (κ1) is 18.8. The summed E-state index contributed by atoms with van der Waals surface area (Å²) in [7, 11) is 1.61. The van der Waals surface area contributed by atoms with E-state index in [9.17, 15) is 13.6 Å². The molecule has 1 atom stereocenters. The van der Waals surface area contributed by atoms with Gasteiger partial charge < -0.3 is 9.47 Å². The number of benzene rings is 2. The molecule has 2 heterocycles. The zero-order valence-electron chi connectivity index (χ0n) is 16.4. The number of methoxy groups -OCH3 is 1. The van der Waals surface area contributed by atoms with Gasteiger partial charge in [0.1, 0.15) is 35.1 Å². The quantitative estimate of drug-likeness (QED) is 0.641. The van der Waals surface area contributed by atoms with Crippen molar-refractivity contribution in [2.24, 2.45) is 0 Å². The van der Waals surface area contributed by atoms with E-state index in [1.165, 1.54) is 16.8 Å². The van der Waals surface area contributed by atoms with E-state index in [0.29, 0.717) is 37.1 Å². The van der Waals surface area contributed by atoms with Gasteiger partial charge in [0.25, 0.3) is 0 Å². The fraction of sp³-hybridized carbons (Fsp3) is 0.364. The molecular weight excluding hydrogens is 392 g/mol. The Kier molecular flexibility index (Phi) is 4.56. The van der Waals surface area contributed by atoms with Gasteiger partial charge in [-0.3, -0.25) is 4.57 Å². The maximum atomic E-state index is 13.7. The third kappa shape index (κ3) is 3.26. The summed E-state index contributed by atoms with van der Waals surface area (Å²) < 4.78 is 41.5. The van der Waals surface area contributed by atoms with Crippen molar-refractivity contribution in [1.29, 1.82) is 0 Å². The highest BCUT2D eigenvalue weighted by atomic mass is 19.1. The molecule has 3 aromatic rings. The summed E-state index contributed by atoms with van der Waals surface area (Å²) >= 11 is 0. The van der Waals surface area contributed by atoms with Crippen LogP contribution in [0.3, 0.4) is 0 Å². The van der Waals surface area contributed by atoms with Crippen LogP contribution in [0.25, 0.3) is 0 Å². The largest absolute Gasteiger partial charge is 0.497 e. The van der Waals surface area contributed by atoms with Crippen molar-refractivity contribution in [3.05, 3.63) is 76.0 Å². The molecule has 5 rings (SSSR count). The van der Waals surface area contributed by atoms with Crippen LogP contribution in [0.1, 0.15) is 42.7 Å². The van der Waals surface area contributed by atoms with Crippen LogP contribution in [0.15, 0.2) is 47.3 Å². The molecule has 1 aliphatic heterocycles. The molecule has 0 bridgehead atoms. The normalized spacial score (nSPS) is 22.4. The maximum absolute atomic E-state index is 13.7. The van der Waals surface area contributed by atoms with Gasteiger partial charge in [-0.15, -0.1) is 0 Å². The van der Waals surface area contributed by atoms with E-state index in [4.69, 9.17) is 9.47 Å². The molecular formula is C22H21F2N3O3. The Balaban J connectivity index is 1.30. The second-order valence-electron chi connectivity index (χ2n) is 7.81. The Morgan fingerprint density at radius 1 is 1.03 bits per heavy atom. The van der Waals surface area contributed by atoms with Gasteiger partial charge in [-0.2, -0.15) is 5.10 Å². The smallest absolute Gasteiger partial charge is 0.346 e.